The quantitative estimate of drug-likeness (QED) is 0.626. The van der Waals surface area contributed by atoms with Crippen LogP contribution in [0.2, 0.25) is 0 Å². The maximum Gasteiger partial charge on any atom is 0.303 e. The lowest BCUT2D eigenvalue weighted by Gasteiger charge is -2.21. The number of sulfonamides is 1. The number of rotatable bonds is 6. The van der Waals surface area contributed by atoms with Gasteiger partial charge in [-0.25, -0.2) is 8.42 Å². The molecule has 1 aromatic carbocycles. The number of nitrogens with zero attached hydrogens (tertiary/aromatic N) is 1. The van der Waals surface area contributed by atoms with Crippen molar-refractivity contribution in [2.45, 2.75) is 36.3 Å². The van der Waals surface area contributed by atoms with Crippen LogP contribution in [0.1, 0.15) is 18.4 Å². The van der Waals surface area contributed by atoms with Crippen LogP contribution in [0.5, 0.6) is 0 Å². The number of hydrogen-bond donors (Lipinski definition) is 3. The monoisotopic (exact) mass is 342 g/mol. The number of β-amino-alcohol motifs (C(OH)–C–C–N with tert-alkyl or cyclic N) is 1. The van der Waals surface area contributed by atoms with E-state index in [1.807, 2.05) is 0 Å². The minimum Gasteiger partial charge on any atom is -0.481 e. The van der Waals surface area contributed by atoms with Crippen molar-refractivity contribution >= 4 is 21.9 Å². The molecular weight excluding hydrogens is 324 g/mol. The maximum atomic E-state index is 12.6. The number of benzene rings is 1. The minimum atomic E-state index is -3.96. The average molecular weight is 342 g/mol. The van der Waals surface area contributed by atoms with Crippen LogP contribution in [0.25, 0.3) is 0 Å². The molecule has 0 spiro atoms. The Labute approximate surface area is 133 Å². The summed E-state index contributed by atoms with van der Waals surface area (Å²) in [7, 11) is -3.96. The highest BCUT2D eigenvalue weighted by atomic mass is 32.2. The summed E-state index contributed by atoms with van der Waals surface area (Å²) >= 11 is 0. The van der Waals surface area contributed by atoms with Gasteiger partial charge in [-0.15, -0.1) is 0 Å². The first-order valence-corrected chi connectivity index (χ1v) is 8.46. The fraction of sp³-hybridized carbons (Fsp3) is 0.429. The van der Waals surface area contributed by atoms with Gasteiger partial charge in [0.2, 0.25) is 15.9 Å². The summed E-state index contributed by atoms with van der Waals surface area (Å²) < 4.78 is 26.1. The van der Waals surface area contributed by atoms with Gasteiger partial charge in [0, 0.05) is 19.4 Å². The van der Waals surface area contributed by atoms with Crippen LogP contribution < -0.4 is 5.73 Å². The molecule has 1 aromatic rings. The van der Waals surface area contributed by atoms with Crippen LogP contribution in [0.15, 0.2) is 29.2 Å². The summed E-state index contributed by atoms with van der Waals surface area (Å²) in [5, 5.41) is 18.3. The van der Waals surface area contributed by atoms with E-state index in [0.29, 0.717) is 12.0 Å². The molecule has 0 unspecified atom stereocenters. The molecule has 1 aliphatic rings. The van der Waals surface area contributed by atoms with Crippen LogP contribution in [-0.4, -0.2) is 53.5 Å². The second kappa shape index (κ2) is 6.65. The Balaban J connectivity index is 2.22. The fourth-order valence-corrected chi connectivity index (χ4v) is 4.17. The van der Waals surface area contributed by atoms with Crippen LogP contribution in [-0.2, 0) is 26.0 Å². The third-order valence-corrected chi connectivity index (χ3v) is 5.61. The number of amides is 1. The number of aliphatic hydroxyl groups excluding tert-OH is 1. The number of aliphatic carboxylic acids is 1. The van der Waals surface area contributed by atoms with Crippen molar-refractivity contribution < 1.29 is 28.2 Å². The normalized spacial score (nSPS) is 22.1. The first-order chi connectivity index (χ1) is 10.7. The Kier molecular flexibility index (Phi) is 5.03. The highest BCUT2D eigenvalue weighted by Gasteiger charge is 2.42. The Hall–Kier alpha value is -1.97. The molecular formula is C14H18N2O6S. The van der Waals surface area contributed by atoms with Gasteiger partial charge in [-0.3, -0.25) is 9.59 Å². The van der Waals surface area contributed by atoms with Crippen molar-refractivity contribution in [2.75, 3.05) is 6.54 Å². The largest absolute Gasteiger partial charge is 0.481 e. The molecule has 1 heterocycles. The molecule has 0 radical (unpaired) electrons. The number of carbonyl (C=O) groups is 2. The lowest BCUT2D eigenvalue weighted by Crippen LogP contribution is -2.43. The number of carbonyl (C=O) groups excluding carboxylic acids is 1. The molecule has 0 saturated carbocycles. The summed E-state index contributed by atoms with van der Waals surface area (Å²) in [5.74, 6) is -1.74. The molecule has 23 heavy (non-hydrogen) atoms. The van der Waals surface area contributed by atoms with Gasteiger partial charge in [0.1, 0.15) is 6.04 Å². The third kappa shape index (κ3) is 3.87. The Morgan fingerprint density at radius 2 is 1.87 bits per heavy atom. The number of carboxylic acid groups (broad SMARTS) is 1. The second-order valence-corrected chi connectivity index (χ2v) is 7.31. The van der Waals surface area contributed by atoms with Gasteiger partial charge in [-0.05, 0) is 24.1 Å². The van der Waals surface area contributed by atoms with E-state index in [4.69, 9.17) is 10.8 Å². The summed E-state index contributed by atoms with van der Waals surface area (Å²) in [6, 6.07) is 4.70. The van der Waals surface area contributed by atoms with Crippen molar-refractivity contribution in [1.82, 2.24) is 4.31 Å². The number of hydrogen-bond acceptors (Lipinski definition) is 5. The number of primary amides is 1. The van der Waals surface area contributed by atoms with Crippen molar-refractivity contribution in [1.29, 1.82) is 0 Å². The number of aliphatic hydroxyl groups is 1. The molecule has 2 rings (SSSR count). The highest BCUT2D eigenvalue weighted by molar-refractivity contribution is 7.89. The lowest BCUT2D eigenvalue weighted by molar-refractivity contribution is -0.137. The Bertz CT molecular complexity index is 700. The van der Waals surface area contributed by atoms with E-state index in [2.05, 4.69) is 0 Å². The number of carboxylic acids is 1. The van der Waals surface area contributed by atoms with Crippen molar-refractivity contribution in [2.24, 2.45) is 5.73 Å². The lowest BCUT2D eigenvalue weighted by atomic mass is 10.1. The number of aryl methyl sites for hydroxylation is 1. The van der Waals surface area contributed by atoms with Gasteiger partial charge in [-0.2, -0.15) is 4.31 Å². The maximum absolute atomic E-state index is 12.6. The molecule has 8 nitrogen and oxygen atoms in total. The zero-order valence-corrected chi connectivity index (χ0v) is 13.1. The predicted octanol–water partition coefficient (Wildman–Crippen LogP) is -0.687. The van der Waals surface area contributed by atoms with Crippen LogP contribution in [0.3, 0.4) is 0 Å². The van der Waals surface area contributed by atoms with Gasteiger partial charge < -0.3 is 15.9 Å². The third-order valence-electron chi connectivity index (χ3n) is 3.72. The molecule has 0 aliphatic carbocycles. The molecule has 1 aliphatic heterocycles. The molecule has 1 saturated heterocycles. The Morgan fingerprint density at radius 3 is 2.39 bits per heavy atom. The summed E-state index contributed by atoms with van der Waals surface area (Å²) in [5.41, 5.74) is 5.90. The van der Waals surface area contributed by atoms with E-state index in [1.165, 1.54) is 24.3 Å². The predicted molar refractivity (Wildman–Crippen MR) is 79.9 cm³/mol. The van der Waals surface area contributed by atoms with Gasteiger partial charge in [0.15, 0.2) is 0 Å². The van der Waals surface area contributed by atoms with Gasteiger partial charge in [-0.1, -0.05) is 12.1 Å². The molecule has 4 N–H and O–H groups in total. The first kappa shape index (κ1) is 17.4. The summed E-state index contributed by atoms with van der Waals surface area (Å²) in [6.07, 6.45) is -0.710. The second-order valence-electron chi connectivity index (χ2n) is 5.42. The zero-order valence-electron chi connectivity index (χ0n) is 12.3. The number of nitrogens with two attached hydrogens (primary N) is 1. The SMILES string of the molecule is NC(=O)[C@@H]1C[C@H](O)CN1S(=O)(=O)c1ccc(CCC(=O)O)cc1. The molecule has 0 bridgehead atoms. The van der Waals surface area contributed by atoms with Crippen LogP contribution in [0.4, 0.5) is 0 Å². The van der Waals surface area contributed by atoms with E-state index >= 15 is 0 Å². The average Bonchev–Trinajstić information content (AvgIpc) is 2.88. The topological polar surface area (TPSA) is 138 Å². The van der Waals surface area contributed by atoms with Crippen LogP contribution >= 0.6 is 0 Å². The fourth-order valence-electron chi connectivity index (χ4n) is 2.52. The Morgan fingerprint density at radius 1 is 1.26 bits per heavy atom. The molecule has 9 heteroatoms. The van der Waals surface area contributed by atoms with E-state index in [1.54, 1.807) is 0 Å². The molecule has 1 amide bonds. The van der Waals surface area contributed by atoms with Gasteiger partial charge in [0.05, 0.1) is 11.0 Å². The van der Waals surface area contributed by atoms with Crippen molar-refractivity contribution in [3.05, 3.63) is 29.8 Å². The van der Waals surface area contributed by atoms with Crippen molar-refractivity contribution in [3.8, 4) is 0 Å². The standard InChI is InChI=1S/C14H18N2O6S/c15-14(20)12-7-10(17)8-16(12)23(21,22)11-4-1-9(2-5-11)3-6-13(18)19/h1-2,4-5,10,12,17H,3,6-8H2,(H2,15,20)(H,18,19)/t10-,12-/m0/s1. The zero-order chi connectivity index (χ0) is 17.2. The van der Waals surface area contributed by atoms with E-state index in [0.717, 1.165) is 4.31 Å². The molecule has 2 atom stereocenters. The first-order valence-electron chi connectivity index (χ1n) is 7.02. The van der Waals surface area contributed by atoms with E-state index in [-0.39, 0.29) is 24.3 Å². The molecule has 126 valence electrons. The highest BCUT2D eigenvalue weighted by Crippen LogP contribution is 2.26. The molecule has 1 fully saturated rings. The summed E-state index contributed by atoms with van der Waals surface area (Å²) in [4.78, 5) is 21.9. The van der Waals surface area contributed by atoms with Gasteiger partial charge >= 0.3 is 5.97 Å². The van der Waals surface area contributed by atoms with Gasteiger partial charge in [0.25, 0.3) is 0 Å². The smallest absolute Gasteiger partial charge is 0.303 e. The van der Waals surface area contributed by atoms with E-state index < -0.39 is 34.0 Å². The summed E-state index contributed by atoms with van der Waals surface area (Å²) in [6.45, 7) is -0.184. The van der Waals surface area contributed by atoms with Crippen LogP contribution in [0, 0.1) is 0 Å². The molecule has 0 aromatic heterocycles. The van der Waals surface area contributed by atoms with E-state index in [9.17, 15) is 23.1 Å². The minimum absolute atomic E-state index is 0.0226. The van der Waals surface area contributed by atoms with Crippen molar-refractivity contribution in [3.63, 3.8) is 0 Å².